The molecule has 0 saturated carbocycles. The molecule has 0 aromatic heterocycles. The zero-order chi connectivity index (χ0) is 5.98. The molecule has 2 atom stereocenters. The first-order valence-corrected chi connectivity index (χ1v) is 3.66. The summed E-state index contributed by atoms with van der Waals surface area (Å²) in [6, 6.07) is 0. The Balaban J connectivity index is 2.28. The second-order valence-corrected chi connectivity index (χ2v) is 3.10. The van der Waals surface area contributed by atoms with Gasteiger partial charge in [0.05, 0.1) is 4.83 Å². The zero-order valence-electron chi connectivity index (χ0n) is 4.51. The van der Waals surface area contributed by atoms with E-state index in [2.05, 4.69) is 15.9 Å². The van der Waals surface area contributed by atoms with E-state index in [1.165, 1.54) is 0 Å². The van der Waals surface area contributed by atoms with Crippen LogP contribution in [0.25, 0.3) is 0 Å². The van der Waals surface area contributed by atoms with Gasteiger partial charge in [-0.05, 0) is 12.8 Å². The Morgan fingerprint density at radius 1 is 1.62 bits per heavy atom. The maximum absolute atomic E-state index is 8.91. The number of alkyl halides is 1. The van der Waals surface area contributed by atoms with Crippen molar-refractivity contribution in [2.75, 3.05) is 6.61 Å². The van der Waals surface area contributed by atoms with Gasteiger partial charge in [-0.3, -0.25) is 0 Å². The van der Waals surface area contributed by atoms with Crippen molar-refractivity contribution >= 4 is 15.9 Å². The highest BCUT2D eigenvalue weighted by Crippen LogP contribution is 2.18. The number of rotatable bonds is 0. The van der Waals surface area contributed by atoms with Gasteiger partial charge < -0.3 is 9.84 Å². The third-order valence-corrected chi connectivity index (χ3v) is 2.13. The predicted molar refractivity (Wildman–Crippen MR) is 33.9 cm³/mol. The third kappa shape index (κ3) is 1.44. The molecule has 0 unspecified atom stereocenters. The van der Waals surface area contributed by atoms with Crippen LogP contribution >= 0.6 is 15.9 Å². The molecule has 0 aliphatic carbocycles. The van der Waals surface area contributed by atoms with Crippen LogP contribution in [0.1, 0.15) is 12.8 Å². The SMILES string of the molecule is O[C@H]1OCCC[C@H]1Br. The number of halogens is 1. The van der Waals surface area contributed by atoms with Crippen molar-refractivity contribution in [3.05, 3.63) is 0 Å². The summed E-state index contributed by atoms with van der Waals surface area (Å²) in [5.74, 6) is 0. The molecule has 0 aromatic carbocycles. The molecule has 3 heteroatoms. The summed E-state index contributed by atoms with van der Waals surface area (Å²) in [6.45, 7) is 0.698. The minimum Gasteiger partial charge on any atom is -0.367 e. The summed E-state index contributed by atoms with van der Waals surface area (Å²) in [4.78, 5) is 0.149. The Hall–Kier alpha value is 0.400. The molecule has 1 heterocycles. The lowest BCUT2D eigenvalue weighted by atomic mass is 10.2. The molecule has 1 aliphatic rings. The van der Waals surface area contributed by atoms with Gasteiger partial charge in [0.1, 0.15) is 0 Å². The number of aliphatic hydroxyl groups excluding tert-OH is 1. The van der Waals surface area contributed by atoms with Gasteiger partial charge in [0.25, 0.3) is 0 Å². The zero-order valence-corrected chi connectivity index (χ0v) is 6.10. The van der Waals surface area contributed by atoms with E-state index >= 15 is 0 Å². The molecule has 2 nitrogen and oxygen atoms in total. The molecular formula is C5H9BrO2. The average molecular weight is 181 g/mol. The van der Waals surface area contributed by atoms with Gasteiger partial charge in [0.15, 0.2) is 6.29 Å². The van der Waals surface area contributed by atoms with Crippen molar-refractivity contribution in [2.45, 2.75) is 24.0 Å². The second kappa shape index (κ2) is 2.80. The molecule has 1 saturated heterocycles. The Kier molecular flexibility index (Phi) is 2.28. The lowest BCUT2D eigenvalue weighted by Gasteiger charge is -2.22. The van der Waals surface area contributed by atoms with Crippen molar-refractivity contribution in [2.24, 2.45) is 0 Å². The number of ether oxygens (including phenoxy) is 1. The highest BCUT2D eigenvalue weighted by atomic mass is 79.9. The lowest BCUT2D eigenvalue weighted by Crippen LogP contribution is -2.28. The molecule has 8 heavy (non-hydrogen) atoms. The van der Waals surface area contributed by atoms with Gasteiger partial charge in [-0.15, -0.1) is 0 Å². The second-order valence-electron chi connectivity index (χ2n) is 1.92. The van der Waals surface area contributed by atoms with Gasteiger partial charge in [-0.1, -0.05) is 15.9 Å². The summed E-state index contributed by atoms with van der Waals surface area (Å²) < 4.78 is 4.90. The maximum Gasteiger partial charge on any atom is 0.167 e. The van der Waals surface area contributed by atoms with Crippen LogP contribution < -0.4 is 0 Å². The van der Waals surface area contributed by atoms with Crippen molar-refractivity contribution < 1.29 is 9.84 Å². The molecule has 0 radical (unpaired) electrons. The Morgan fingerprint density at radius 2 is 2.38 bits per heavy atom. The van der Waals surface area contributed by atoms with E-state index in [4.69, 9.17) is 9.84 Å². The molecule has 48 valence electrons. The molecular weight excluding hydrogens is 172 g/mol. The van der Waals surface area contributed by atoms with Crippen molar-refractivity contribution in [1.29, 1.82) is 0 Å². The fourth-order valence-corrected chi connectivity index (χ4v) is 1.21. The molecule has 0 amide bonds. The van der Waals surface area contributed by atoms with Gasteiger partial charge >= 0.3 is 0 Å². The van der Waals surface area contributed by atoms with Gasteiger partial charge in [0, 0.05) is 6.61 Å². The van der Waals surface area contributed by atoms with E-state index in [-0.39, 0.29) is 4.83 Å². The van der Waals surface area contributed by atoms with Gasteiger partial charge in [-0.2, -0.15) is 0 Å². The summed E-state index contributed by atoms with van der Waals surface area (Å²) in [6.07, 6.45) is 1.48. The van der Waals surface area contributed by atoms with E-state index in [0.717, 1.165) is 12.8 Å². The first-order valence-electron chi connectivity index (χ1n) is 2.74. The summed E-state index contributed by atoms with van der Waals surface area (Å²) in [5.41, 5.74) is 0. The normalized spacial score (nSPS) is 39.8. The topological polar surface area (TPSA) is 29.5 Å². The molecule has 0 aromatic rings. The first-order chi connectivity index (χ1) is 3.80. The minimum atomic E-state index is -0.580. The molecule has 0 bridgehead atoms. The van der Waals surface area contributed by atoms with E-state index in [9.17, 15) is 0 Å². The molecule has 1 N–H and O–H groups in total. The lowest BCUT2D eigenvalue weighted by molar-refractivity contribution is -0.117. The van der Waals surface area contributed by atoms with Crippen LogP contribution in [-0.2, 0) is 4.74 Å². The molecule has 1 rings (SSSR count). The van der Waals surface area contributed by atoms with Crippen molar-refractivity contribution in [1.82, 2.24) is 0 Å². The van der Waals surface area contributed by atoms with Gasteiger partial charge in [0.2, 0.25) is 0 Å². The van der Waals surface area contributed by atoms with Crippen LogP contribution in [-0.4, -0.2) is 22.8 Å². The Morgan fingerprint density at radius 3 is 2.75 bits per heavy atom. The fraction of sp³-hybridized carbons (Fsp3) is 1.00. The van der Waals surface area contributed by atoms with Crippen LogP contribution in [0.2, 0.25) is 0 Å². The van der Waals surface area contributed by atoms with Crippen molar-refractivity contribution in [3.8, 4) is 0 Å². The molecule has 1 fully saturated rings. The Labute approximate surface area is 57.0 Å². The number of hydrogen-bond donors (Lipinski definition) is 1. The maximum atomic E-state index is 8.91. The van der Waals surface area contributed by atoms with Crippen LogP contribution in [0.4, 0.5) is 0 Å². The largest absolute Gasteiger partial charge is 0.367 e. The summed E-state index contributed by atoms with van der Waals surface area (Å²) in [5, 5.41) is 8.91. The first kappa shape index (κ1) is 6.52. The number of hydrogen-bond acceptors (Lipinski definition) is 2. The van der Waals surface area contributed by atoms with E-state index in [1.807, 2.05) is 0 Å². The van der Waals surface area contributed by atoms with E-state index in [1.54, 1.807) is 0 Å². The average Bonchev–Trinajstić information content (AvgIpc) is 1.77. The number of aliphatic hydroxyl groups is 1. The summed E-state index contributed by atoms with van der Waals surface area (Å²) >= 11 is 3.28. The van der Waals surface area contributed by atoms with Crippen LogP contribution in [0, 0.1) is 0 Å². The van der Waals surface area contributed by atoms with Crippen LogP contribution in [0.15, 0.2) is 0 Å². The van der Waals surface area contributed by atoms with E-state index < -0.39 is 6.29 Å². The predicted octanol–water partition coefficient (Wildman–Crippen LogP) is 0.879. The van der Waals surface area contributed by atoms with Gasteiger partial charge in [-0.25, -0.2) is 0 Å². The Bertz CT molecular complexity index is 66.8. The van der Waals surface area contributed by atoms with Crippen molar-refractivity contribution in [3.63, 3.8) is 0 Å². The molecule has 1 aliphatic heterocycles. The fourth-order valence-electron chi connectivity index (χ4n) is 0.729. The quantitative estimate of drug-likeness (QED) is 0.562. The monoisotopic (exact) mass is 180 g/mol. The summed E-state index contributed by atoms with van der Waals surface area (Å²) in [7, 11) is 0. The van der Waals surface area contributed by atoms with Crippen LogP contribution in [0.3, 0.4) is 0 Å². The van der Waals surface area contributed by atoms with E-state index in [0.29, 0.717) is 6.61 Å². The highest BCUT2D eigenvalue weighted by Gasteiger charge is 2.19. The standard InChI is InChI=1S/C5H9BrO2/c6-4-2-1-3-8-5(4)7/h4-5,7H,1-3H2/t4-,5+/m1/s1. The highest BCUT2D eigenvalue weighted by molar-refractivity contribution is 9.09. The van der Waals surface area contributed by atoms with Crippen LogP contribution in [0.5, 0.6) is 0 Å². The third-order valence-electron chi connectivity index (χ3n) is 1.22. The smallest absolute Gasteiger partial charge is 0.167 e. The molecule has 0 spiro atoms. The minimum absolute atomic E-state index is 0.149.